The van der Waals surface area contributed by atoms with Gasteiger partial charge in [0, 0.05) is 43.7 Å². The van der Waals surface area contributed by atoms with Crippen LogP contribution in [0.3, 0.4) is 0 Å². The highest BCUT2D eigenvalue weighted by molar-refractivity contribution is 6.05. The van der Waals surface area contributed by atoms with E-state index in [2.05, 4.69) is 20.4 Å². The largest absolute Gasteiger partial charge is 0.396 e. The lowest BCUT2D eigenvalue weighted by Gasteiger charge is -2.15. The summed E-state index contributed by atoms with van der Waals surface area (Å²) in [5, 5.41) is 17.4. The third-order valence-corrected chi connectivity index (χ3v) is 4.11. The number of amides is 1. The second-order valence-corrected chi connectivity index (χ2v) is 6.10. The summed E-state index contributed by atoms with van der Waals surface area (Å²) in [6.07, 6.45) is 3.98. The van der Waals surface area contributed by atoms with Gasteiger partial charge in [-0.25, -0.2) is 4.98 Å². The zero-order valence-corrected chi connectivity index (χ0v) is 14.3. The predicted octanol–water partition coefficient (Wildman–Crippen LogP) is 1.25. The van der Waals surface area contributed by atoms with E-state index in [0.29, 0.717) is 24.2 Å². The molecule has 1 amide bonds. The molecular weight excluding hydrogens is 318 g/mol. The standard InChI is InChI=1S/C18H21N5O2/c1-12-7-15(16-10-21-23(2)17(16)22-12)18(25)20-9-13(11-24)8-14-5-3-4-6-19-14/h3-7,10,13,24H,8-9,11H2,1-2H3,(H,20,25). The molecule has 0 radical (unpaired) electrons. The number of pyridine rings is 2. The third kappa shape index (κ3) is 3.83. The van der Waals surface area contributed by atoms with Crippen LogP contribution in [0.5, 0.6) is 0 Å². The van der Waals surface area contributed by atoms with E-state index in [1.807, 2.05) is 25.1 Å². The molecule has 0 aliphatic carbocycles. The number of aryl methyl sites for hydroxylation is 2. The summed E-state index contributed by atoms with van der Waals surface area (Å²) in [6.45, 7) is 2.20. The Kier molecular flexibility index (Phi) is 5.04. The Balaban J connectivity index is 1.72. The van der Waals surface area contributed by atoms with E-state index in [1.165, 1.54) is 0 Å². The number of rotatable bonds is 6. The molecule has 1 unspecified atom stereocenters. The quantitative estimate of drug-likeness (QED) is 0.705. The maximum absolute atomic E-state index is 12.6. The lowest BCUT2D eigenvalue weighted by Crippen LogP contribution is -2.32. The summed E-state index contributed by atoms with van der Waals surface area (Å²) in [6, 6.07) is 7.43. The van der Waals surface area contributed by atoms with Gasteiger partial charge in [-0.2, -0.15) is 5.10 Å². The SMILES string of the molecule is Cc1cc(C(=O)NCC(CO)Cc2ccccn2)c2cnn(C)c2n1. The zero-order valence-electron chi connectivity index (χ0n) is 14.3. The van der Waals surface area contributed by atoms with E-state index in [9.17, 15) is 9.90 Å². The topological polar surface area (TPSA) is 92.9 Å². The van der Waals surface area contributed by atoms with Crippen molar-refractivity contribution in [2.75, 3.05) is 13.2 Å². The van der Waals surface area contributed by atoms with Gasteiger partial charge in [-0.05, 0) is 31.5 Å². The Labute approximate surface area is 145 Å². The fourth-order valence-electron chi connectivity index (χ4n) is 2.78. The van der Waals surface area contributed by atoms with Crippen LogP contribution in [0.25, 0.3) is 11.0 Å². The Bertz CT molecular complexity index is 876. The summed E-state index contributed by atoms with van der Waals surface area (Å²) in [7, 11) is 1.80. The van der Waals surface area contributed by atoms with Gasteiger partial charge in [0.05, 0.1) is 17.1 Å². The number of fused-ring (bicyclic) bond motifs is 1. The van der Waals surface area contributed by atoms with E-state index in [1.54, 1.807) is 30.2 Å². The minimum absolute atomic E-state index is 0.0193. The van der Waals surface area contributed by atoms with Crippen LogP contribution < -0.4 is 5.32 Å². The van der Waals surface area contributed by atoms with Crippen LogP contribution in [0.1, 0.15) is 21.7 Å². The molecule has 0 spiro atoms. The molecule has 2 N–H and O–H groups in total. The van der Waals surface area contributed by atoms with E-state index >= 15 is 0 Å². The Morgan fingerprint density at radius 3 is 2.96 bits per heavy atom. The number of nitrogens with one attached hydrogen (secondary N) is 1. The molecule has 3 heterocycles. The maximum atomic E-state index is 12.6. The fraction of sp³-hybridized carbons (Fsp3) is 0.333. The average molecular weight is 339 g/mol. The van der Waals surface area contributed by atoms with Crippen LogP contribution in [-0.2, 0) is 13.5 Å². The molecule has 7 heteroatoms. The number of nitrogens with zero attached hydrogens (tertiary/aromatic N) is 4. The van der Waals surface area contributed by atoms with Crippen molar-refractivity contribution in [2.45, 2.75) is 13.3 Å². The van der Waals surface area contributed by atoms with Crippen LogP contribution in [0.2, 0.25) is 0 Å². The minimum atomic E-state index is -0.192. The monoisotopic (exact) mass is 339 g/mol. The first kappa shape index (κ1) is 17.0. The highest BCUT2D eigenvalue weighted by atomic mass is 16.3. The first-order chi connectivity index (χ1) is 12.1. The van der Waals surface area contributed by atoms with Gasteiger partial charge in [0.1, 0.15) is 0 Å². The molecule has 25 heavy (non-hydrogen) atoms. The van der Waals surface area contributed by atoms with Gasteiger partial charge < -0.3 is 10.4 Å². The van der Waals surface area contributed by atoms with E-state index in [4.69, 9.17) is 0 Å². The van der Waals surface area contributed by atoms with E-state index in [0.717, 1.165) is 16.8 Å². The Morgan fingerprint density at radius 2 is 2.24 bits per heavy atom. The molecule has 0 bridgehead atoms. The average Bonchev–Trinajstić information content (AvgIpc) is 2.99. The van der Waals surface area contributed by atoms with Crippen molar-refractivity contribution >= 4 is 16.9 Å². The maximum Gasteiger partial charge on any atom is 0.252 e. The molecule has 0 saturated carbocycles. The molecule has 0 aromatic carbocycles. The molecule has 0 aliphatic rings. The molecule has 7 nitrogen and oxygen atoms in total. The van der Waals surface area contributed by atoms with Gasteiger partial charge in [-0.1, -0.05) is 6.07 Å². The molecule has 3 aromatic rings. The smallest absolute Gasteiger partial charge is 0.252 e. The number of hydrogen-bond acceptors (Lipinski definition) is 5. The van der Waals surface area contributed by atoms with Crippen LogP contribution >= 0.6 is 0 Å². The first-order valence-electron chi connectivity index (χ1n) is 8.16. The van der Waals surface area contributed by atoms with Crippen molar-refractivity contribution in [1.29, 1.82) is 0 Å². The highest BCUT2D eigenvalue weighted by Crippen LogP contribution is 2.17. The zero-order chi connectivity index (χ0) is 17.8. The number of carbonyl (C=O) groups is 1. The summed E-state index contributed by atoms with van der Waals surface area (Å²) < 4.78 is 1.65. The van der Waals surface area contributed by atoms with Crippen molar-refractivity contribution in [3.63, 3.8) is 0 Å². The molecule has 130 valence electrons. The van der Waals surface area contributed by atoms with Crippen LogP contribution in [0, 0.1) is 12.8 Å². The van der Waals surface area contributed by atoms with Gasteiger partial charge in [-0.15, -0.1) is 0 Å². The number of carbonyl (C=O) groups excluding carboxylic acids is 1. The molecule has 0 saturated heterocycles. The lowest BCUT2D eigenvalue weighted by molar-refractivity contribution is 0.0941. The molecule has 0 aliphatic heterocycles. The first-order valence-corrected chi connectivity index (χ1v) is 8.16. The molecule has 0 fully saturated rings. The van der Waals surface area contributed by atoms with Crippen LogP contribution in [-0.4, -0.2) is 43.9 Å². The lowest BCUT2D eigenvalue weighted by atomic mass is 10.0. The third-order valence-electron chi connectivity index (χ3n) is 4.11. The van der Waals surface area contributed by atoms with Crippen molar-refractivity contribution in [3.8, 4) is 0 Å². The second-order valence-electron chi connectivity index (χ2n) is 6.10. The van der Waals surface area contributed by atoms with Crippen molar-refractivity contribution in [2.24, 2.45) is 13.0 Å². The van der Waals surface area contributed by atoms with Gasteiger partial charge in [0.25, 0.3) is 5.91 Å². The fourth-order valence-corrected chi connectivity index (χ4v) is 2.78. The Morgan fingerprint density at radius 1 is 1.40 bits per heavy atom. The Hall–Kier alpha value is -2.80. The summed E-state index contributed by atoms with van der Waals surface area (Å²) >= 11 is 0. The van der Waals surface area contributed by atoms with Crippen LogP contribution in [0.15, 0.2) is 36.7 Å². The number of aliphatic hydroxyl groups excluding tert-OH is 1. The van der Waals surface area contributed by atoms with E-state index < -0.39 is 0 Å². The highest BCUT2D eigenvalue weighted by Gasteiger charge is 2.17. The van der Waals surface area contributed by atoms with Gasteiger partial charge in [-0.3, -0.25) is 14.5 Å². The molecular formula is C18H21N5O2. The molecule has 3 rings (SSSR count). The number of hydrogen-bond donors (Lipinski definition) is 2. The molecule has 1 atom stereocenters. The van der Waals surface area contributed by atoms with E-state index in [-0.39, 0.29) is 18.4 Å². The second kappa shape index (κ2) is 7.40. The van der Waals surface area contributed by atoms with Crippen LogP contribution in [0.4, 0.5) is 0 Å². The summed E-state index contributed by atoms with van der Waals surface area (Å²) in [5.74, 6) is -0.283. The normalized spacial score (nSPS) is 12.3. The predicted molar refractivity (Wildman–Crippen MR) is 94.1 cm³/mol. The minimum Gasteiger partial charge on any atom is -0.396 e. The molecule has 3 aromatic heterocycles. The van der Waals surface area contributed by atoms with Crippen molar-refractivity contribution < 1.29 is 9.90 Å². The summed E-state index contributed by atoms with van der Waals surface area (Å²) in [5.41, 5.74) is 2.88. The van der Waals surface area contributed by atoms with Gasteiger partial charge in [0.2, 0.25) is 0 Å². The van der Waals surface area contributed by atoms with Crippen molar-refractivity contribution in [3.05, 3.63) is 53.6 Å². The number of aromatic nitrogens is 4. The van der Waals surface area contributed by atoms with Gasteiger partial charge >= 0.3 is 0 Å². The van der Waals surface area contributed by atoms with Crippen molar-refractivity contribution in [1.82, 2.24) is 25.1 Å². The number of aliphatic hydroxyl groups is 1. The summed E-state index contributed by atoms with van der Waals surface area (Å²) in [4.78, 5) is 21.3. The van der Waals surface area contributed by atoms with Gasteiger partial charge in [0.15, 0.2) is 5.65 Å².